The minimum atomic E-state index is -0.464. The van der Waals surface area contributed by atoms with Crippen LogP contribution in [0.15, 0.2) is 24.3 Å². The van der Waals surface area contributed by atoms with Gasteiger partial charge in [0.15, 0.2) is 0 Å². The van der Waals surface area contributed by atoms with Gasteiger partial charge in [-0.25, -0.2) is 5.48 Å². The molecule has 5 heteroatoms. The number of nitrogens with one attached hydrogen (secondary N) is 2. The van der Waals surface area contributed by atoms with E-state index in [2.05, 4.69) is 10.2 Å². The highest BCUT2D eigenvalue weighted by atomic mass is 16.5. The molecule has 0 radical (unpaired) electrons. The van der Waals surface area contributed by atoms with Crippen molar-refractivity contribution in [2.24, 2.45) is 0 Å². The molecule has 2 rings (SSSR count). The smallest absolute Gasteiger partial charge is 0.276 e. The van der Waals surface area contributed by atoms with E-state index in [-0.39, 0.29) is 0 Å². The molecule has 1 aliphatic rings. The lowest BCUT2D eigenvalue weighted by molar-refractivity contribution is 0.0707. The minimum absolute atomic E-state index is 0.464. The molecule has 0 aromatic heterocycles. The van der Waals surface area contributed by atoms with Crippen LogP contribution in [-0.2, 0) is 0 Å². The summed E-state index contributed by atoms with van der Waals surface area (Å²) in [7, 11) is 0. The fourth-order valence-electron chi connectivity index (χ4n) is 1.91. The topological polar surface area (TPSA) is 64.6 Å². The van der Waals surface area contributed by atoms with Gasteiger partial charge in [0.2, 0.25) is 0 Å². The van der Waals surface area contributed by atoms with Crippen LogP contribution in [0.1, 0.15) is 10.4 Å². The Morgan fingerprint density at radius 2 is 2.00 bits per heavy atom. The first-order valence-corrected chi connectivity index (χ1v) is 5.32. The zero-order chi connectivity index (χ0) is 11.4. The number of amides is 1. The zero-order valence-electron chi connectivity index (χ0n) is 8.94. The second-order valence-corrected chi connectivity index (χ2v) is 3.70. The molecule has 0 unspecified atom stereocenters. The number of benzene rings is 1. The average molecular weight is 221 g/mol. The van der Waals surface area contributed by atoms with Crippen molar-refractivity contribution < 1.29 is 10.0 Å². The summed E-state index contributed by atoms with van der Waals surface area (Å²) >= 11 is 0. The third-order valence-electron chi connectivity index (χ3n) is 2.71. The lowest BCUT2D eigenvalue weighted by Gasteiger charge is -2.30. The molecule has 0 bridgehead atoms. The van der Waals surface area contributed by atoms with E-state index in [1.807, 2.05) is 12.1 Å². The standard InChI is InChI=1S/C11H15N3O2/c15-11(13-16)9-3-1-2-4-10(9)14-7-5-12-6-8-14/h1-4,12,16H,5-8H2,(H,13,15). The Labute approximate surface area is 94.0 Å². The molecule has 5 nitrogen and oxygen atoms in total. The first kappa shape index (κ1) is 10.9. The van der Waals surface area contributed by atoms with Gasteiger partial charge in [-0.1, -0.05) is 12.1 Å². The number of carbonyl (C=O) groups excluding carboxylic acids is 1. The van der Waals surface area contributed by atoms with Crippen molar-refractivity contribution in [3.8, 4) is 0 Å². The third kappa shape index (κ3) is 2.15. The van der Waals surface area contributed by atoms with E-state index in [9.17, 15) is 4.79 Å². The van der Waals surface area contributed by atoms with Crippen molar-refractivity contribution in [3.05, 3.63) is 29.8 Å². The molecule has 86 valence electrons. The summed E-state index contributed by atoms with van der Waals surface area (Å²) in [5, 5.41) is 11.9. The predicted molar refractivity (Wildman–Crippen MR) is 60.8 cm³/mol. The number of hydroxylamine groups is 1. The predicted octanol–water partition coefficient (Wildman–Crippen LogP) is 0.215. The molecule has 0 atom stereocenters. The Kier molecular flexibility index (Phi) is 3.38. The van der Waals surface area contributed by atoms with Crippen molar-refractivity contribution >= 4 is 11.6 Å². The summed E-state index contributed by atoms with van der Waals surface area (Å²) in [6.45, 7) is 3.57. The van der Waals surface area contributed by atoms with E-state index >= 15 is 0 Å². The van der Waals surface area contributed by atoms with Crippen LogP contribution >= 0.6 is 0 Å². The Morgan fingerprint density at radius 1 is 1.31 bits per heavy atom. The second-order valence-electron chi connectivity index (χ2n) is 3.70. The highest BCUT2D eigenvalue weighted by molar-refractivity contribution is 5.99. The molecule has 1 amide bonds. The van der Waals surface area contributed by atoms with Gasteiger partial charge < -0.3 is 10.2 Å². The van der Waals surface area contributed by atoms with Gasteiger partial charge in [-0.15, -0.1) is 0 Å². The number of nitrogens with zero attached hydrogens (tertiary/aromatic N) is 1. The van der Waals surface area contributed by atoms with E-state index in [0.717, 1.165) is 31.9 Å². The molecule has 0 aliphatic carbocycles. The molecule has 0 spiro atoms. The molecule has 1 fully saturated rings. The van der Waals surface area contributed by atoms with Crippen molar-refractivity contribution in [2.75, 3.05) is 31.1 Å². The van der Waals surface area contributed by atoms with Crippen LogP contribution < -0.4 is 15.7 Å². The van der Waals surface area contributed by atoms with E-state index in [1.54, 1.807) is 17.6 Å². The molecule has 3 N–H and O–H groups in total. The van der Waals surface area contributed by atoms with Crippen LogP contribution in [0.5, 0.6) is 0 Å². The van der Waals surface area contributed by atoms with E-state index in [4.69, 9.17) is 5.21 Å². The number of hydrogen-bond acceptors (Lipinski definition) is 4. The molecular formula is C11H15N3O2. The molecule has 16 heavy (non-hydrogen) atoms. The first-order chi connectivity index (χ1) is 7.83. The quantitative estimate of drug-likeness (QED) is 0.493. The van der Waals surface area contributed by atoms with E-state index < -0.39 is 5.91 Å². The van der Waals surface area contributed by atoms with Crippen molar-refractivity contribution in [1.29, 1.82) is 0 Å². The maximum absolute atomic E-state index is 11.5. The molecule has 1 aliphatic heterocycles. The second kappa shape index (κ2) is 4.96. The first-order valence-electron chi connectivity index (χ1n) is 5.32. The Bertz CT molecular complexity index is 375. The fraction of sp³-hybridized carbons (Fsp3) is 0.364. The summed E-state index contributed by atoms with van der Waals surface area (Å²) in [5.74, 6) is -0.464. The average Bonchev–Trinajstić information content (AvgIpc) is 2.39. The zero-order valence-corrected chi connectivity index (χ0v) is 8.94. The lowest BCUT2D eigenvalue weighted by Crippen LogP contribution is -2.44. The molecule has 1 saturated heterocycles. The van der Waals surface area contributed by atoms with Crippen molar-refractivity contribution in [2.45, 2.75) is 0 Å². The summed E-state index contributed by atoms with van der Waals surface area (Å²) < 4.78 is 0. The van der Waals surface area contributed by atoms with Crippen LogP contribution in [0.3, 0.4) is 0 Å². The van der Waals surface area contributed by atoms with Gasteiger partial charge in [0.05, 0.1) is 5.56 Å². The van der Waals surface area contributed by atoms with Gasteiger partial charge in [0.1, 0.15) is 0 Å². The van der Waals surface area contributed by atoms with Crippen LogP contribution in [-0.4, -0.2) is 37.3 Å². The lowest BCUT2D eigenvalue weighted by atomic mass is 10.1. The summed E-state index contributed by atoms with van der Waals surface area (Å²) in [6, 6.07) is 7.29. The van der Waals surface area contributed by atoms with Gasteiger partial charge in [-0.05, 0) is 12.1 Å². The number of anilines is 1. The maximum Gasteiger partial charge on any atom is 0.276 e. The third-order valence-corrected chi connectivity index (χ3v) is 2.71. The summed E-state index contributed by atoms with van der Waals surface area (Å²) in [5.41, 5.74) is 3.06. The van der Waals surface area contributed by atoms with Gasteiger partial charge >= 0.3 is 0 Å². The van der Waals surface area contributed by atoms with Crippen LogP contribution in [0.4, 0.5) is 5.69 Å². The number of hydrogen-bond donors (Lipinski definition) is 3. The normalized spacial score (nSPS) is 15.9. The van der Waals surface area contributed by atoms with Gasteiger partial charge in [0.25, 0.3) is 5.91 Å². The molecule has 0 saturated carbocycles. The largest absolute Gasteiger partial charge is 0.368 e. The van der Waals surface area contributed by atoms with Crippen LogP contribution in [0.2, 0.25) is 0 Å². The SMILES string of the molecule is O=C(NO)c1ccccc1N1CCNCC1. The van der Waals surface area contributed by atoms with Crippen LogP contribution in [0, 0.1) is 0 Å². The van der Waals surface area contributed by atoms with Crippen molar-refractivity contribution in [1.82, 2.24) is 10.8 Å². The van der Waals surface area contributed by atoms with E-state index in [0.29, 0.717) is 5.56 Å². The van der Waals surface area contributed by atoms with Gasteiger partial charge in [-0.2, -0.15) is 0 Å². The number of rotatable bonds is 2. The van der Waals surface area contributed by atoms with Crippen LogP contribution in [0.25, 0.3) is 0 Å². The Morgan fingerprint density at radius 3 is 2.69 bits per heavy atom. The fourth-order valence-corrected chi connectivity index (χ4v) is 1.91. The number of carbonyl (C=O) groups is 1. The Hall–Kier alpha value is -1.59. The van der Waals surface area contributed by atoms with Crippen molar-refractivity contribution in [3.63, 3.8) is 0 Å². The highest BCUT2D eigenvalue weighted by Gasteiger charge is 2.17. The highest BCUT2D eigenvalue weighted by Crippen LogP contribution is 2.20. The minimum Gasteiger partial charge on any atom is -0.368 e. The molecular weight excluding hydrogens is 206 g/mol. The molecule has 1 heterocycles. The van der Waals surface area contributed by atoms with E-state index in [1.165, 1.54) is 0 Å². The Balaban J connectivity index is 2.28. The summed E-state index contributed by atoms with van der Waals surface area (Å²) in [4.78, 5) is 13.6. The molecule has 1 aromatic rings. The van der Waals surface area contributed by atoms with Gasteiger partial charge in [0, 0.05) is 31.9 Å². The summed E-state index contributed by atoms with van der Waals surface area (Å²) in [6.07, 6.45) is 0. The van der Waals surface area contributed by atoms with Gasteiger partial charge in [-0.3, -0.25) is 10.0 Å². The molecule has 1 aromatic carbocycles. The monoisotopic (exact) mass is 221 g/mol. The maximum atomic E-state index is 11.5. The number of piperazine rings is 1. The number of para-hydroxylation sites is 1.